The molecular weight excluding hydrogens is 888 g/mol. The van der Waals surface area contributed by atoms with Crippen molar-refractivity contribution < 1.29 is 0 Å². The molecule has 0 unspecified atom stereocenters. The van der Waals surface area contributed by atoms with Gasteiger partial charge in [0.25, 0.3) is 6.71 Å². The first-order chi connectivity index (χ1) is 35.6. The number of hydrogen-bond acceptors (Lipinski definition) is 3. The molecule has 0 radical (unpaired) electrons. The lowest BCUT2D eigenvalue weighted by Crippen LogP contribution is -2.60. The van der Waals surface area contributed by atoms with E-state index in [0.717, 1.165) is 5.69 Å². The molecule has 0 fully saturated rings. The smallest absolute Gasteiger partial charge is 0.264 e. The van der Waals surface area contributed by atoms with Crippen LogP contribution in [-0.2, 0) is 10.8 Å². The van der Waals surface area contributed by atoms with E-state index in [1.165, 1.54) is 144 Å². The summed E-state index contributed by atoms with van der Waals surface area (Å²) in [7, 11) is 0. The molecule has 0 saturated heterocycles. The zero-order chi connectivity index (χ0) is 47.2. The van der Waals surface area contributed by atoms with Gasteiger partial charge in [-0.1, -0.05) is 193 Å². The fraction of sp³-hybridized carbons (Fsp3) is 0.0588. The predicted octanol–water partition coefficient (Wildman–Crippen LogP) is 15.1. The Morgan fingerprint density at radius 2 is 0.847 bits per heavy atom. The number of para-hydroxylation sites is 1. The van der Waals surface area contributed by atoms with Crippen LogP contribution >= 0.6 is 11.3 Å². The van der Waals surface area contributed by atoms with Crippen molar-refractivity contribution in [1.82, 2.24) is 0 Å². The first kappa shape index (κ1) is 39.3. The quantitative estimate of drug-likeness (QED) is 0.159. The zero-order valence-corrected chi connectivity index (χ0v) is 40.6. The maximum Gasteiger partial charge on any atom is 0.264 e. The van der Waals surface area contributed by atoms with Crippen LogP contribution in [0.25, 0.3) is 44.5 Å². The summed E-state index contributed by atoms with van der Waals surface area (Å²) in [5, 5.41) is 0. The van der Waals surface area contributed by atoms with Gasteiger partial charge in [-0.2, -0.15) is 0 Å². The van der Waals surface area contributed by atoms with Gasteiger partial charge in [-0.15, -0.1) is 11.3 Å². The summed E-state index contributed by atoms with van der Waals surface area (Å²) in [6.45, 7) is 4.41. The third-order valence-corrected chi connectivity index (χ3v) is 18.7. The van der Waals surface area contributed by atoms with Crippen LogP contribution in [0.4, 0.5) is 34.1 Å². The first-order valence-corrected chi connectivity index (χ1v) is 26.2. The van der Waals surface area contributed by atoms with Gasteiger partial charge in [0.2, 0.25) is 0 Å². The lowest BCUT2D eigenvalue weighted by molar-refractivity contribution is 0.794. The van der Waals surface area contributed by atoms with Gasteiger partial charge in [0.05, 0.1) is 16.5 Å². The van der Waals surface area contributed by atoms with Crippen molar-refractivity contribution in [2.75, 3.05) is 9.80 Å². The molecule has 10 aromatic carbocycles. The molecule has 0 bridgehead atoms. The van der Waals surface area contributed by atoms with Gasteiger partial charge in [-0.3, -0.25) is 0 Å². The number of anilines is 6. The molecule has 0 saturated carbocycles. The summed E-state index contributed by atoms with van der Waals surface area (Å²) >= 11 is 2.07. The lowest BCUT2D eigenvalue weighted by Gasteiger charge is -2.44. The predicted molar refractivity (Wildman–Crippen MR) is 300 cm³/mol. The lowest BCUT2D eigenvalue weighted by atomic mass is 9.36. The average molecular weight is 931 g/mol. The third-order valence-electron chi connectivity index (χ3n) is 17.4. The highest BCUT2D eigenvalue weighted by molar-refractivity contribution is 7.30. The van der Waals surface area contributed by atoms with Crippen molar-refractivity contribution in [1.29, 1.82) is 0 Å². The minimum Gasteiger partial charge on any atom is -0.311 e. The molecule has 17 rings (SSSR count). The van der Waals surface area contributed by atoms with Gasteiger partial charge in [0, 0.05) is 43.7 Å². The molecule has 3 heterocycles. The minimum atomic E-state index is -0.472. The summed E-state index contributed by atoms with van der Waals surface area (Å²) in [6.07, 6.45) is 0. The molecule has 72 heavy (non-hydrogen) atoms. The Balaban J connectivity index is 1.03. The molecule has 334 valence electrons. The Morgan fingerprint density at radius 1 is 0.361 bits per heavy atom. The zero-order valence-electron chi connectivity index (χ0n) is 39.7. The van der Waals surface area contributed by atoms with Crippen LogP contribution in [0, 0.1) is 13.8 Å². The molecule has 0 atom stereocenters. The Bertz CT molecular complexity index is 4130. The van der Waals surface area contributed by atoms with Crippen LogP contribution in [0.2, 0.25) is 0 Å². The first-order valence-electron chi connectivity index (χ1n) is 25.4. The van der Waals surface area contributed by atoms with Crippen molar-refractivity contribution in [2.45, 2.75) is 24.7 Å². The van der Waals surface area contributed by atoms with E-state index in [1.54, 1.807) is 0 Å². The maximum absolute atomic E-state index is 2.65. The summed E-state index contributed by atoms with van der Waals surface area (Å²) in [5.74, 6) is 0. The molecule has 1 aromatic heterocycles. The fourth-order valence-electron chi connectivity index (χ4n) is 14.7. The maximum atomic E-state index is 2.65. The van der Waals surface area contributed by atoms with Crippen LogP contribution in [0.3, 0.4) is 0 Å². The van der Waals surface area contributed by atoms with E-state index in [-0.39, 0.29) is 6.71 Å². The number of nitrogens with zero attached hydrogens (tertiary/aromatic N) is 2. The van der Waals surface area contributed by atoms with Crippen LogP contribution in [0.5, 0.6) is 0 Å². The average Bonchev–Trinajstić information content (AvgIpc) is 4.21. The van der Waals surface area contributed by atoms with E-state index in [4.69, 9.17) is 0 Å². The molecule has 6 aliphatic rings. The molecule has 0 N–H and O–H groups in total. The highest BCUT2D eigenvalue weighted by atomic mass is 32.1. The Labute approximate surface area is 423 Å². The molecule has 0 amide bonds. The highest BCUT2D eigenvalue weighted by Crippen LogP contribution is 2.68. The molecular formula is C68H43BN2S. The van der Waals surface area contributed by atoms with E-state index < -0.39 is 10.8 Å². The standard InChI is InChI=1S/C68H43BN2S/c1-40-31-34-43(35-32-40)71-60-30-16-29-59-63(60)69(66-64(71)62-49-36-33-41(2)37-56(49)68(65(62)72-66)54-27-14-8-21-46(54)47-22-9-15-28-55(47)68)58-38-50-48-23-10-13-26-53(48)67(57(50)39-61(58)70(59)42-17-4-3-5-18-42)51-24-11-6-19-44(51)45-20-7-12-25-52(45)67/h3-39H,1-2H3. The second kappa shape index (κ2) is 13.7. The number of thiophene rings is 1. The monoisotopic (exact) mass is 930 g/mol. The Morgan fingerprint density at radius 3 is 1.44 bits per heavy atom. The van der Waals surface area contributed by atoms with E-state index >= 15 is 0 Å². The molecule has 2 aliphatic heterocycles. The molecule has 4 aliphatic carbocycles. The van der Waals surface area contributed by atoms with E-state index in [9.17, 15) is 0 Å². The van der Waals surface area contributed by atoms with Gasteiger partial charge in [-0.05, 0) is 145 Å². The van der Waals surface area contributed by atoms with Gasteiger partial charge in [0.15, 0.2) is 0 Å². The van der Waals surface area contributed by atoms with Crippen LogP contribution in [0.1, 0.15) is 54.9 Å². The molecule has 4 heteroatoms. The Kier molecular flexibility index (Phi) is 7.48. The van der Waals surface area contributed by atoms with Gasteiger partial charge >= 0.3 is 0 Å². The van der Waals surface area contributed by atoms with Crippen LogP contribution in [-0.4, -0.2) is 6.71 Å². The molecule has 2 nitrogen and oxygen atoms in total. The Hall–Kier alpha value is -8.44. The van der Waals surface area contributed by atoms with E-state index in [1.807, 2.05) is 0 Å². The number of aryl methyl sites for hydroxylation is 2. The van der Waals surface area contributed by atoms with Gasteiger partial charge in [-0.25, -0.2) is 0 Å². The number of fused-ring (bicyclic) bond motifs is 25. The topological polar surface area (TPSA) is 6.48 Å². The summed E-state index contributed by atoms with van der Waals surface area (Å²) in [6, 6.07) is 86.2. The largest absolute Gasteiger partial charge is 0.311 e. The van der Waals surface area contributed by atoms with Crippen LogP contribution in [0.15, 0.2) is 224 Å². The number of hydrogen-bond donors (Lipinski definition) is 0. The van der Waals surface area contributed by atoms with Crippen molar-refractivity contribution in [3.05, 3.63) is 279 Å². The second-order valence-electron chi connectivity index (χ2n) is 20.7. The van der Waals surface area contributed by atoms with Crippen molar-refractivity contribution in [3.63, 3.8) is 0 Å². The highest BCUT2D eigenvalue weighted by Gasteiger charge is 2.58. The number of rotatable bonds is 2. The normalized spacial score (nSPS) is 15.2. The van der Waals surface area contributed by atoms with Crippen LogP contribution < -0.4 is 25.5 Å². The van der Waals surface area contributed by atoms with Crippen molar-refractivity contribution >= 4 is 67.9 Å². The van der Waals surface area contributed by atoms with E-state index in [2.05, 4.69) is 259 Å². The van der Waals surface area contributed by atoms with Crippen molar-refractivity contribution in [3.8, 4) is 44.5 Å². The van der Waals surface area contributed by atoms with E-state index in [0.29, 0.717) is 0 Å². The molecule has 2 spiro atoms. The summed E-state index contributed by atoms with van der Waals surface area (Å²) < 4.78 is 1.40. The van der Waals surface area contributed by atoms with Crippen molar-refractivity contribution in [2.24, 2.45) is 0 Å². The third kappa shape index (κ3) is 4.52. The summed E-state index contributed by atoms with van der Waals surface area (Å²) in [5.41, 5.74) is 31.9. The van der Waals surface area contributed by atoms with Gasteiger partial charge in [0.1, 0.15) is 0 Å². The number of benzene rings is 10. The summed E-state index contributed by atoms with van der Waals surface area (Å²) in [4.78, 5) is 6.66. The fourth-order valence-corrected chi connectivity index (χ4v) is 16.4. The van der Waals surface area contributed by atoms with Gasteiger partial charge < -0.3 is 9.80 Å². The second-order valence-corrected chi connectivity index (χ2v) is 21.8. The molecule has 11 aromatic rings. The minimum absolute atomic E-state index is 0.0477. The SMILES string of the molecule is Cc1ccc(N2c3cccc4c3B(c3cc5c(cc3N4c3ccccc3)C3(c4ccccc4-c4ccccc43)c3ccccc3-5)c3sc4c(c32)-c2ccc(C)cc2C42c3ccccc3-c3ccccc32)cc1.